The van der Waals surface area contributed by atoms with Crippen LogP contribution in [0.3, 0.4) is 0 Å². The molecule has 1 saturated heterocycles. The first-order chi connectivity index (χ1) is 15.1. The Bertz CT molecular complexity index is 1080. The highest BCUT2D eigenvalue weighted by Crippen LogP contribution is 2.30. The van der Waals surface area contributed by atoms with Gasteiger partial charge >= 0.3 is 0 Å². The predicted octanol–water partition coefficient (Wildman–Crippen LogP) is 3.90. The van der Waals surface area contributed by atoms with Crippen molar-refractivity contribution in [2.75, 3.05) is 20.1 Å². The highest BCUT2D eigenvalue weighted by Gasteiger charge is 2.33. The van der Waals surface area contributed by atoms with Crippen molar-refractivity contribution in [1.29, 1.82) is 0 Å². The Labute approximate surface area is 187 Å². The lowest BCUT2D eigenvalue weighted by Gasteiger charge is -2.31. The molecule has 2 aliphatic rings. The van der Waals surface area contributed by atoms with Crippen LogP contribution in [-0.4, -0.2) is 56.7 Å². The van der Waals surface area contributed by atoms with Gasteiger partial charge in [0.25, 0.3) is 5.91 Å². The summed E-state index contributed by atoms with van der Waals surface area (Å²) in [5.74, 6) is 0.103. The van der Waals surface area contributed by atoms with E-state index in [1.807, 2.05) is 21.7 Å². The smallest absolute Gasteiger partial charge is 0.274 e. The van der Waals surface area contributed by atoms with Crippen LogP contribution in [0.15, 0.2) is 36.9 Å². The van der Waals surface area contributed by atoms with Crippen LogP contribution in [0.4, 0.5) is 0 Å². The Balaban J connectivity index is 1.37. The summed E-state index contributed by atoms with van der Waals surface area (Å²) in [7, 11) is 2.18. The molecule has 31 heavy (non-hydrogen) atoms. The summed E-state index contributed by atoms with van der Waals surface area (Å²) in [5, 5.41) is 5.90. The zero-order valence-electron chi connectivity index (χ0n) is 18.1. The molecule has 2 aromatic heterocycles. The van der Waals surface area contributed by atoms with E-state index in [4.69, 9.17) is 10.1 Å². The first kappa shape index (κ1) is 20.4. The fraction of sp³-hybridized carbons (Fsp3) is 0.458. The zero-order chi connectivity index (χ0) is 21.4. The van der Waals surface area contributed by atoms with Crippen LogP contribution >= 0.6 is 11.3 Å². The molecule has 3 aromatic rings. The van der Waals surface area contributed by atoms with Crippen LogP contribution in [0.1, 0.15) is 46.0 Å². The molecule has 0 spiro atoms. The molecule has 0 bridgehead atoms. The van der Waals surface area contributed by atoms with E-state index in [1.165, 1.54) is 10.4 Å². The number of thiazole rings is 1. The Kier molecular flexibility index (Phi) is 5.63. The number of likely N-dealkylation sites (N-methyl/N-ethyl adjacent to an activating group) is 1. The lowest BCUT2D eigenvalue weighted by atomic mass is 9.90. The van der Waals surface area contributed by atoms with Gasteiger partial charge in [-0.1, -0.05) is 18.2 Å². The van der Waals surface area contributed by atoms with Crippen LogP contribution in [0.25, 0.3) is 10.2 Å². The number of likely N-dealkylation sites (tertiary alicyclic amines) is 1. The molecule has 1 amide bonds. The summed E-state index contributed by atoms with van der Waals surface area (Å²) in [6.45, 7) is 7.06. The Morgan fingerprint density at radius 1 is 1.32 bits per heavy atom. The number of fused-ring (bicyclic) bond motifs is 2. The van der Waals surface area contributed by atoms with Crippen LogP contribution in [0.5, 0.6) is 0 Å². The monoisotopic (exact) mass is 435 g/mol. The second kappa shape index (κ2) is 8.55. The number of hydrogen-bond acceptors (Lipinski definition) is 5. The van der Waals surface area contributed by atoms with Crippen LogP contribution < -0.4 is 0 Å². The van der Waals surface area contributed by atoms with Gasteiger partial charge in [-0.25, -0.2) is 4.98 Å². The molecule has 1 aromatic carbocycles. The lowest BCUT2D eigenvalue weighted by Crippen LogP contribution is -2.37. The fourth-order valence-electron chi connectivity index (χ4n) is 4.89. The normalized spacial score (nSPS) is 18.6. The number of benzene rings is 1. The summed E-state index contributed by atoms with van der Waals surface area (Å²) >= 11 is 1.77. The van der Waals surface area contributed by atoms with Crippen molar-refractivity contribution in [2.24, 2.45) is 0 Å². The molecule has 0 unspecified atom stereocenters. The first-order valence-corrected chi connectivity index (χ1v) is 12.0. The molecule has 0 saturated carbocycles. The number of allylic oxidation sites excluding steroid dienone is 1. The average Bonchev–Trinajstić information content (AvgIpc) is 3.52. The van der Waals surface area contributed by atoms with E-state index in [9.17, 15) is 4.79 Å². The van der Waals surface area contributed by atoms with E-state index >= 15 is 0 Å². The topological polar surface area (TPSA) is 54.3 Å². The summed E-state index contributed by atoms with van der Waals surface area (Å²) in [5.41, 5.74) is 4.10. The van der Waals surface area contributed by atoms with Crippen LogP contribution in [0.2, 0.25) is 0 Å². The van der Waals surface area contributed by atoms with Crippen LogP contribution in [0, 0.1) is 0 Å². The maximum atomic E-state index is 13.2. The maximum absolute atomic E-state index is 13.2. The average molecular weight is 436 g/mol. The van der Waals surface area contributed by atoms with Gasteiger partial charge in [0.2, 0.25) is 0 Å². The van der Waals surface area contributed by atoms with Gasteiger partial charge in [0.15, 0.2) is 5.69 Å². The fourth-order valence-corrected chi connectivity index (χ4v) is 5.92. The van der Waals surface area contributed by atoms with E-state index in [2.05, 4.69) is 36.7 Å². The van der Waals surface area contributed by atoms with Gasteiger partial charge in [-0.2, -0.15) is 5.10 Å². The Hall–Kier alpha value is -2.51. The van der Waals surface area contributed by atoms with E-state index < -0.39 is 0 Å². The van der Waals surface area contributed by atoms with Crippen molar-refractivity contribution in [1.82, 2.24) is 24.6 Å². The highest BCUT2D eigenvalue weighted by molar-refractivity contribution is 7.18. The Morgan fingerprint density at radius 2 is 2.13 bits per heavy atom. The minimum absolute atomic E-state index is 0.103. The molecule has 0 N–H and O–H groups in total. The standard InChI is InChI=1S/C24H29N5OS/c1-3-12-29-20-11-10-17(15-18(20)23(26-29)24(30)28-13-6-7-14-28)27(2)16-22-25-19-8-4-5-9-21(19)31-22/h3-5,8-9,17H,1,6-7,10-16H2,2H3/t17-/m1/s1. The van der Waals surface area contributed by atoms with Gasteiger partial charge in [0.1, 0.15) is 5.01 Å². The SMILES string of the molecule is C=CCn1nc(C(=O)N2CCCC2)c2c1CC[C@@H](N(C)Cc1nc3ccccc3s1)C2. The molecule has 3 heterocycles. The zero-order valence-corrected chi connectivity index (χ0v) is 18.9. The third-order valence-electron chi connectivity index (χ3n) is 6.56. The second-order valence-electron chi connectivity index (χ2n) is 8.63. The number of rotatable bonds is 6. The molecule has 7 heteroatoms. The third-order valence-corrected chi connectivity index (χ3v) is 7.59. The van der Waals surface area contributed by atoms with Crippen molar-refractivity contribution < 1.29 is 4.79 Å². The Morgan fingerprint density at radius 3 is 2.90 bits per heavy atom. The molecular weight excluding hydrogens is 406 g/mol. The number of carbonyl (C=O) groups excluding carboxylic acids is 1. The maximum Gasteiger partial charge on any atom is 0.274 e. The van der Waals surface area contributed by atoms with E-state index in [1.54, 1.807) is 11.3 Å². The number of aromatic nitrogens is 3. The van der Waals surface area contributed by atoms with Gasteiger partial charge < -0.3 is 4.90 Å². The molecule has 1 fully saturated rings. The number of amides is 1. The highest BCUT2D eigenvalue weighted by atomic mass is 32.1. The molecule has 1 aliphatic heterocycles. The largest absolute Gasteiger partial charge is 0.337 e. The summed E-state index contributed by atoms with van der Waals surface area (Å²) in [6.07, 6.45) is 6.92. The molecule has 1 atom stereocenters. The van der Waals surface area contributed by atoms with Gasteiger partial charge in [-0.3, -0.25) is 14.4 Å². The quantitative estimate of drug-likeness (QED) is 0.551. The number of nitrogens with zero attached hydrogens (tertiary/aromatic N) is 5. The minimum atomic E-state index is 0.103. The number of carbonyl (C=O) groups is 1. The molecular formula is C24H29N5OS. The predicted molar refractivity (Wildman–Crippen MR) is 124 cm³/mol. The van der Waals surface area contributed by atoms with Crippen molar-refractivity contribution in [3.05, 3.63) is 58.9 Å². The molecule has 162 valence electrons. The van der Waals surface area contributed by atoms with E-state index in [0.29, 0.717) is 18.3 Å². The van der Waals surface area contributed by atoms with E-state index in [0.717, 1.165) is 67.8 Å². The molecule has 5 rings (SSSR count). The van der Waals surface area contributed by atoms with Gasteiger partial charge in [0, 0.05) is 30.4 Å². The van der Waals surface area contributed by atoms with Gasteiger partial charge in [0.05, 0.1) is 23.3 Å². The molecule has 1 aliphatic carbocycles. The molecule has 6 nitrogen and oxygen atoms in total. The minimum Gasteiger partial charge on any atom is -0.337 e. The van der Waals surface area contributed by atoms with Gasteiger partial charge in [-0.05, 0) is 51.3 Å². The van der Waals surface area contributed by atoms with Crippen LogP contribution in [-0.2, 0) is 25.9 Å². The second-order valence-corrected chi connectivity index (χ2v) is 9.75. The molecule has 0 radical (unpaired) electrons. The lowest BCUT2D eigenvalue weighted by molar-refractivity contribution is 0.0784. The van der Waals surface area contributed by atoms with Crippen molar-refractivity contribution >= 4 is 27.5 Å². The van der Waals surface area contributed by atoms with Gasteiger partial charge in [-0.15, -0.1) is 17.9 Å². The summed E-state index contributed by atoms with van der Waals surface area (Å²) in [4.78, 5) is 22.4. The van der Waals surface area contributed by atoms with Crippen molar-refractivity contribution in [3.8, 4) is 0 Å². The third kappa shape index (κ3) is 3.92. The van der Waals surface area contributed by atoms with E-state index in [-0.39, 0.29) is 5.91 Å². The first-order valence-electron chi connectivity index (χ1n) is 11.2. The number of hydrogen-bond donors (Lipinski definition) is 0. The van der Waals surface area contributed by atoms with Crippen molar-refractivity contribution in [3.63, 3.8) is 0 Å². The summed E-state index contributed by atoms with van der Waals surface area (Å²) in [6, 6.07) is 8.69. The summed E-state index contributed by atoms with van der Waals surface area (Å²) < 4.78 is 3.23. The number of para-hydroxylation sites is 1. The van der Waals surface area contributed by atoms with Crippen molar-refractivity contribution in [2.45, 2.75) is 51.2 Å².